The Morgan fingerprint density at radius 1 is 1.36 bits per heavy atom. The average molecular weight is 187 g/mol. The first kappa shape index (κ1) is 9.00. The molecule has 14 heavy (non-hydrogen) atoms. The molecule has 0 aliphatic carbocycles. The number of hydrogen-bond donors (Lipinski definition) is 0. The van der Waals surface area contributed by atoms with Crippen LogP contribution in [0, 0.1) is 6.92 Å². The summed E-state index contributed by atoms with van der Waals surface area (Å²) in [5.74, 6) is 0. The van der Waals surface area contributed by atoms with E-state index in [9.17, 15) is 4.79 Å². The van der Waals surface area contributed by atoms with E-state index in [1.54, 1.807) is 0 Å². The van der Waals surface area contributed by atoms with Crippen LogP contribution >= 0.6 is 0 Å². The van der Waals surface area contributed by atoms with Crippen LogP contribution < -0.4 is 0 Å². The minimum Gasteiger partial charge on any atom is -0.347 e. The molecule has 0 saturated heterocycles. The molecule has 0 spiro atoms. The van der Waals surface area contributed by atoms with E-state index in [2.05, 4.69) is 35.8 Å². The molecule has 0 unspecified atom stereocenters. The van der Waals surface area contributed by atoms with Gasteiger partial charge in [-0.15, -0.1) is 0 Å². The topological polar surface area (TPSA) is 22.0 Å². The number of carbonyl (C=O) groups excluding carboxylic acids is 1. The molecule has 0 amide bonds. The maximum absolute atomic E-state index is 10.5. The van der Waals surface area contributed by atoms with E-state index in [-0.39, 0.29) is 0 Å². The molecular formula is C12H13NO. The molecule has 1 aromatic carbocycles. The second-order valence-electron chi connectivity index (χ2n) is 3.63. The molecule has 2 aromatic rings. The van der Waals surface area contributed by atoms with Gasteiger partial charge in [-0.1, -0.05) is 12.1 Å². The van der Waals surface area contributed by atoms with Crippen LogP contribution in [-0.2, 0) is 18.3 Å². The monoisotopic (exact) mass is 187 g/mol. The molecule has 1 heterocycles. The Balaban J connectivity index is 2.67. The van der Waals surface area contributed by atoms with E-state index in [4.69, 9.17) is 0 Å². The van der Waals surface area contributed by atoms with Crippen molar-refractivity contribution in [3.8, 4) is 0 Å². The standard InChI is InChI=1S/C12H13NO/c1-9-3-4-10-8-11(5-6-14)13(2)12(10)7-9/h3-4,6-8H,5H2,1-2H3. The van der Waals surface area contributed by atoms with Crippen LogP contribution in [0.5, 0.6) is 0 Å². The summed E-state index contributed by atoms with van der Waals surface area (Å²) in [5.41, 5.74) is 3.51. The van der Waals surface area contributed by atoms with Gasteiger partial charge >= 0.3 is 0 Å². The fourth-order valence-corrected chi connectivity index (χ4v) is 1.78. The Bertz CT molecular complexity index is 482. The summed E-state index contributed by atoms with van der Waals surface area (Å²) < 4.78 is 2.08. The number of carbonyl (C=O) groups is 1. The van der Waals surface area contributed by atoms with Gasteiger partial charge in [0.05, 0.1) is 0 Å². The number of hydrogen-bond acceptors (Lipinski definition) is 1. The van der Waals surface area contributed by atoms with Crippen LogP contribution in [0.15, 0.2) is 24.3 Å². The van der Waals surface area contributed by atoms with Gasteiger partial charge in [-0.05, 0) is 30.0 Å². The molecule has 1 aromatic heterocycles. The van der Waals surface area contributed by atoms with E-state index < -0.39 is 0 Å². The van der Waals surface area contributed by atoms with Crippen molar-refractivity contribution in [3.05, 3.63) is 35.5 Å². The van der Waals surface area contributed by atoms with Crippen molar-refractivity contribution in [1.29, 1.82) is 0 Å². The van der Waals surface area contributed by atoms with E-state index in [1.165, 1.54) is 16.5 Å². The Hall–Kier alpha value is -1.57. The van der Waals surface area contributed by atoms with E-state index in [1.807, 2.05) is 7.05 Å². The third-order valence-electron chi connectivity index (χ3n) is 2.59. The first-order valence-corrected chi connectivity index (χ1v) is 4.71. The fourth-order valence-electron chi connectivity index (χ4n) is 1.78. The SMILES string of the molecule is Cc1ccc2cc(CC=O)n(C)c2c1. The third kappa shape index (κ3) is 1.33. The lowest BCUT2D eigenvalue weighted by Gasteiger charge is -2.00. The smallest absolute Gasteiger partial charge is 0.125 e. The largest absolute Gasteiger partial charge is 0.347 e. The second kappa shape index (κ2) is 3.29. The Kier molecular flexibility index (Phi) is 2.12. The highest BCUT2D eigenvalue weighted by atomic mass is 16.1. The fraction of sp³-hybridized carbons (Fsp3) is 0.250. The molecule has 2 rings (SSSR count). The number of fused-ring (bicyclic) bond motifs is 1. The lowest BCUT2D eigenvalue weighted by molar-refractivity contribution is -0.107. The molecule has 0 aliphatic rings. The van der Waals surface area contributed by atoms with Crippen LogP contribution in [0.4, 0.5) is 0 Å². The second-order valence-corrected chi connectivity index (χ2v) is 3.63. The Morgan fingerprint density at radius 3 is 2.86 bits per heavy atom. The molecular weight excluding hydrogens is 174 g/mol. The Labute approximate surface area is 83.2 Å². The van der Waals surface area contributed by atoms with Crippen molar-refractivity contribution < 1.29 is 4.79 Å². The number of aromatic nitrogens is 1. The van der Waals surface area contributed by atoms with E-state index in [0.29, 0.717) is 6.42 Å². The Morgan fingerprint density at radius 2 is 2.14 bits per heavy atom. The summed E-state index contributed by atoms with van der Waals surface area (Å²) in [6.45, 7) is 2.08. The number of aryl methyl sites for hydroxylation is 2. The zero-order valence-electron chi connectivity index (χ0n) is 8.45. The zero-order chi connectivity index (χ0) is 10.1. The van der Waals surface area contributed by atoms with Crippen molar-refractivity contribution in [2.24, 2.45) is 7.05 Å². The predicted octanol–water partition coefficient (Wildman–Crippen LogP) is 2.23. The summed E-state index contributed by atoms with van der Waals surface area (Å²) in [7, 11) is 2.00. The maximum atomic E-state index is 10.5. The van der Waals surface area contributed by atoms with Crippen LogP contribution in [0.3, 0.4) is 0 Å². The molecule has 2 heteroatoms. The van der Waals surface area contributed by atoms with Crippen LogP contribution in [0.1, 0.15) is 11.3 Å². The van der Waals surface area contributed by atoms with E-state index >= 15 is 0 Å². The van der Waals surface area contributed by atoms with E-state index in [0.717, 1.165) is 12.0 Å². The van der Waals surface area contributed by atoms with Crippen LogP contribution in [-0.4, -0.2) is 10.9 Å². The van der Waals surface area contributed by atoms with Gasteiger partial charge in [0.1, 0.15) is 6.29 Å². The first-order chi connectivity index (χ1) is 6.72. The summed E-state index contributed by atoms with van der Waals surface area (Å²) in [5, 5.41) is 1.20. The van der Waals surface area contributed by atoms with Gasteiger partial charge < -0.3 is 9.36 Å². The zero-order valence-corrected chi connectivity index (χ0v) is 8.45. The highest BCUT2D eigenvalue weighted by Gasteiger charge is 2.04. The lowest BCUT2D eigenvalue weighted by Crippen LogP contribution is -1.96. The summed E-state index contributed by atoms with van der Waals surface area (Å²) in [6, 6.07) is 8.40. The number of rotatable bonds is 2. The molecule has 0 saturated carbocycles. The van der Waals surface area contributed by atoms with Crippen molar-refractivity contribution in [2.75, 3.05) is 0 Å². The van der Waals surface area contributed by atoms with Crippen molar-refractivity contribution in [3.63, 3.8) is 0 Å². The quantitative estimate of drug-likeness (QED) is 0.661. The highest BCUT2D eigenvalue weighted by molar-refractivity contribution is 5.82. The average Bonchev–Trinajstić information content (AvgIpc) is 2.46. The van der Waals surface area contributed by atoms with Crippen LogP contribution in [0.2, 0.25) is 0 Å². The van der Waals surface area contributed by atoms with Crippen LogP contribution in [0.25, 0.3) is 10.9 Å². The maximum Gasteiger partial charge on any atom is 0.125 e. The van der Waals surface area contributed by atoms with Crippen molar-refractivity contribution in [1.82, 2.24) is 4.57 Å². The van der Waals surface area contributed by atoms with Gasteiger partial charge in [0.15, 0.2) is 0 Å². The molecule has 0 atom stereocenters. The summed E-state index contributed by atoms with van der Waals surface area (Å²) in [4.78, 5) is 10.5. The molecule has 0 fully saturated rings. The normalized spacial score (nSPS) is 10.7. The van der Waals surface area contributed by atoms with Crippen molar-refractivity contribution in [2.45, 2.75) is 13.3 Å². The molecule has 0 bridgehead atoms. The molecule has 0 aliphatic heterocycles. The van der Waals surface area contributed by atoms with Crippen molar-refractivity contribution >= 4 is 17.2 Å². The van der Waals surface area contributed by atoms with Gasteiger partial charge in [0, 0.05) is 24.7 Å². The minimum absolute atomic E-state index is 0.490. The number of benzene rings is 1. The number of aldehydes is 1. The van der Waals surface area contributed by atoms with Gasteiger partial charge in [-0.2, -0.15) is 0 Å². The number of nitrogens with zero attached hydrogens (tertiary/aromatic N) is 1. The lowest BCUT2D eigenvalue weighted by atomic mass is 10.2. The highest BCUT2D eigenvalue weighted by Crippen LogP contribution is 2.19. The first-order valence-electron chi connectivity index (χ1n) is 4.71. The molecule has 0 N–H and O–H groups in total. The van der Waals surface area contributed by atoms with Gasteiger partial charge in [0.25, 0.3) is 0 Å². The predicted molar refractivity (Wildman–Crippen MR) is 57.4 cm³/mol. The minimum atomic E-state index is 0.490. The van der Waals surface area contributed by atoms with Gasteiger partial charge in [-0.25, -0.2) is 0 Å². The van der Waals surface area contributed by atoms with Gasteiger partial charge in [-0.3, -0.25) is 0 Å². The van der Waals surface area contributed by atoms with Gasteiger partial charge in [0.2, 0.25) is 0 Å². The summed E-state index contributed by atoms with van der Waals surface area (Å²) in [6.07, 6.45) is 1.44. The molecule has 2 nitrogen and oxygen atoms in total. The third-order valence-corrected chi connectivity index (χ3v) is 2.59. The molecule has 72 valence electrons. The molecule has 0 radical (unpaired) electrons. The summed E-state index contributed by atoms with van der Waals surface area (Å²) >= 11 is 0.